The predicted molar refractivity (Wildman–Crippen MR) is 117 cm³/mol. The fourth-order valence-corrected chi connectivity index (χ4v) is 3.99. The minimum Gasteiger partial charge on any atom is -0.441 e. The van der Waals surface area contributed by atoms with Gasteiger partial charge < -0.3 is 14.6 Å². The predicted octanol–water partition coefficient (Wildman–Crippen LogP) is 5.13. The van der Waals surface area contributed by atoms with Gasteiger partial charge in [0.05, 0.1) is 11.2 Å². The van der Waals surface area contributed by atoms with Crippen molar-refractivity contribution in [1.82, 2.24) is 4.98 Å². The number of aryl methyl sites for hydroxylation is 1. The van der Waals surface area contributed by atoms with Crippen LogP contribution in [0.3, 0.4) is 0 Å². The van der Waals surface area contributed by atoms with Gasteiger partial charge in [0, 0.05) is 48.3 Å². The Morgan fingerprint density at radius 3 is 2.80 bits per heavy atom. The van der Waals surface area contributed by atoms with E-state index < -0.39 is 0 Å². The summed E-state index contributed by atoms with van der Waals surface area (Å²) in [6.45, 7) is 2.23. The van der Waals surface area contributed by atoms with Gasteiger partial charge >= 0.3 is 0 Å². The number of nitrogens with one attached hydrogen (secondary N) is 1. The first-order valence-electron chi connectivity index (χ1n) is 9.52. The molecule has 3 aromatic rings. The smallest absolute Gasteiger partial charge is 0.224 e. The molecule has 30 heavy (non-hydrogen) atoms. The van der Waals surface area contributed by atoms with Crippen molar-refractivity contribution in [2.24, 2.45) is 0 Å². The lowest BCUT2D eigenvalue weighted by molar-refractivity contribution is -0.117. The molecule has 8 heteroatoms. The summed E-state index contributed by atoms with van der Waals surface area (Å²) in [6.07, 6.45) is 2.96. The first-order valence-corrected chi connectivity index (χ1v) is 10.3. The van der Waals surface area contributed by atoms with E-state index in [1.54, 1.807) is 36.2 Å². The summed E-state index contributed by atoms with van der Waals surface area (Å²) < 4.78 is 5.73. The number of hydrogen-bond donors (Lipinski definition) is 1. The number of anilines is 2. The first-order chi connectivity index (χ1) is 14.4. The average Bonchev–Trinajstić information content (AvgIpc) is 3.33. The van der Waals surface area contributed by atoms with E-state index in [1.807, 2.05) is 18.2 Å². The van der Waals surface area contributed by atoms with E-state index in [1.165, 1.54) is 0 Å². The van der Waals surface area contributed by atoms with Gasteiger partial charge in [0.25, 0.3) is 0 Å². The highest BCUT2D eigenvalue weighted by Crippen LogP contribution is 2.32. The minimum absolute atomic E-state index is 0.0238. The van der Waals surface area contributed by atoms with E-state index in [0.717, 1.165) is 17.7 Å². The summed E-state index contributed by atoms with van der Waals surface area (Å²) in [5.74, 6) is 0.870. The van der Waals surface area contributed by atoms with Crippen molar-refractivity contribution in [3.8, 4) is 11.3 Å². The minimum atomic E-state index is -0.138. The van der Waals surface area contributed by atoms with Crippen LogP contribution in [0.15, 0.2) is 47.0 Å². The standard InChI is InChI=1S/C22H19Cl2N3O3/c1-13(28)27-9-8-14-10-16(3-5-19(14)27)26-21(29)6-7-22-25-12-20(30-22)17-4-2-15(23)11-18(17)24/h2-5,10-12H,6-9H2,1H3,(H,26,29). The summed E-state index contributed by atoms with van der Waals surface area (Å²) in [5, 5.41) is 3.91. The summed E-state index contributed by atoms with van der Waals surface area (Å²) in [5.41, 5.74) is 3.38. The molecule has 2 amide bonds. The molecular formula is C22H19Cl2N3O3. The zero-order valence-electron chi connectivity index (χ0n) is 16.2. The molecule has 1 N–H and O–H groups in total. The maximum atomic E-state index is 12.3. The zero-order valence-corrected chi connectivity index (χ0v) is 17.8. The number of fused-ring (bicyclic) bond motifs is 1. The maximum Gasteiger partial charge on any atom is 0.224 e. The number of amides is 2. The second-order valence-corrected chi connectivity index (χ2v) is 7.90. The Bertz CT molecular complexity index is 1130. The quantitative estimate of drug-likeness (QED) is 0.592. The molecule has 0 saturated heterocycles. The molecule has 154 valence electrons. The van der Waals surface area contributed by atoms with Crippen LogP contribution in [-0.4, -0.2) is 23.3 Å². The van der Waals surface area contributed by atoms with Crippen LogP contribution >= 0.6 is 23.2 Å². The molecule has 1 aliphatic heterocycles. The lowest BCUT2D eigenvalue weighted by Crippen LogP contribution is -2.25. The second-order valence-electron chi connectivity index (χ2n) is 7.05. The van der Waals surface area contributed by atoms with E-state index in [0.29, 0.717) is 45.9 Å². The van der Waals surface area contributed by atoms with Crippen LogP contribution in [0.4, 0.5) is 11.4 Å². The first kappa shape index (κ1) is 20.4. The van der Waals surface area contributed by atoms with Crippen molar-refractivity contribution in [2.45, 2.75) is 26.2 Å². The van der Waals surface area contributed by atoms with Crippen LogP contribution in [0.2, 0.25) is 10.0 Å². The average molecular weight is 444 g/mol. The number of oxazole rings is 1. The van der Waals surface area contributed by atoms with Gasteiger partial charge in [-0.3, -0.25) is 9.59 Å². The Labute approximate surface area is 183 Å². The summed E-state index contributed by atoms with van der Waals surface area (Å²) >= 11 is 12.1. The number of carbonyl (C=O) groups is 2. The molecule has 0 fully saturated rings. The van der Waals surface area contributed by atoms with Crippen LogP contribution in [0.25, 0.3) is 11.3 Å². The molecule has 0 atom stereocenters. The highest BCUT2D eigenvalue weighted by atomic mass is 35.5. The highest BCUT2D eigenvalue weighted by molar-refractivity contribution is 6.36. The van der Waals surface area contributed by atoms with E-state index in [9.17, 15) is 9.59 Å². The van der Waals surface area contributed by atoms with Crippen molar-refractivity contribution >= 4 is 46.4 Å². The van der Waals surface area contributed by atoms with Crippen molar-refractivity contribution in [3.05, 3.63) is 64.1 Å². The molecule has 1 aromatic heterocycles. The van der Waals surface area contributed by atoms with Gasteiger partial charge in [-0.25, -0.2) is 4.98 Å². The Kier molecular flexibility index (Phi) is 5.79. The molecule has 4 rings (SSSR count). The third kappa shape index (κ3) is 4.35. The van der Waals surface area contributed by atoms with E-state index in [2.05, 4.69) is 10.3 Å². The fourth-order valence-electron chi connectivity index (χ4n) is 3.49. The zero-order chi connectivity index (χ0) is 21.3. The Hall–Kier alpha value is -2.83. The Balaban J connectivity index is 1.36. The molecule has 6 nitrogen and oxygen atoms in total. The van der Waals surface area contributed by atoms with Crippen molar-refractivity contribution in [3.63, 3.8) is 0 Å². The van der Waals surface area contributed by atoms with E-state index in [4.69, 9.17) is 27.6 Å². The van der Waals surface area contributed by atoms with Crippen LogP contribution in [-0.2, 0) is 22.4 Å². The van der Waals surface area contributed by atoms with Gasteiger partial charge in [-0.1, -0.05) is 23.2 Å². The van der Waals surface area contributed by atoms with Crippen LogP contribution in [0.5, 0.6) is 0 Å². The Morgan fingerprint density at radius 2 is 2.03 bits per heavy atom. The number of hydrogen-bond acceptors (Lipinski definition) is 4. The van der Waals surface area contributed by atoms with Crippen LogP contribution < -0.4 is 10.2 Å². The van der Waals surface area contributed by atoms with Gasteiger partial charge in [0.1, 0.15) is 0 Å². The van der Waals surface area contributed by atoms with Crippen LogP contribution in [0, 0.1) is 0 Å². The number of halogens is 2. The van der Waals surface area contributed by atoms with Crippen molar-refractivity contribution < 1.29 is 14.0 Å². The number of rotatable bonds is 5. The number of carbonyl (C=O) groups excluding carboxylic acids is 2. The normalized spacial score (nSPS) is 12.7. The van der Waals surface area contributed by atoms with Gasteiger partial charge in [0.15, 0.2) is 11.7 Å². The molecule has 0 spiro atoms. The van der Waals surface area contributed by atoms with E-state index >= 15 is 0 Å². The fraction of sp³-hybridized carbons (Fsp3) is 0.227. The Morgan fingerprint density at radius 1 is 1.20 bits per heavy atom. The summed E-state index contributed by atoms with van der Waals surface area (Å²) in [7, 11) is 0. The van der Waals surface area contributed by atoms with Crippen molar-refractivity contribution in [1.29, 1.82) is 0 Å². The molecule has 0 bridgehead atoms. The third-order valence-corrected chi connectivity index (χ3v) is 5.50. The van der Waals surface area contributed by atoms with Crippen molar-refractivity contribution in [2.75, 3.05) is 16.8 Å². The number of nitrogens with zero attached hydrogens (tertiary/aromatic N) is 2. The lowest BCUT2D eigenvalue weighted by Gasteiger charge is -2.15. The summed E-state index contributed by atoms with van der Waals surface area (Å²) in [6, 6.07) is 10.7. The number of benzene rings is 2. The highest BCUT2D eigenvalue weighted by Gasteiger charge is 2.22. The molecule has 0 radical (unpaired) electrons. The molecule has 1 aliphatic rings. The molecule has 0 saturated carbocycles. The van der Waals surface area contributed by atoms with Gasteiger partial charge in [0.2, 0.25) is 11.8 Å². The monoisotopic (exact) mass is 443 g/mol. The number of aromatic nitrogens is 1. The lowest BCUT2D eigenvalue weighted by atomic mass is 10.1. The molecule has 2 aromatic carbocycles. The molecule has 0 unspecified atom stereocenters. The van der Waals surface area contributed by atoms with Gasteiger partial charge in [-0.2, -0.15) is 0 Å². The van der Waals surface area contributed by atoms with Crippen LogP contribution in [0.1, 0.15) is 24.8 Å². The molecular weight excluding hydrogens is 425 g/mol. The third-order valence-electron chi connectivity index (χ3n) is 4.95. The maximum absolute atomic E-state index is 12.3. The topological polar surface area (TPSA) is 75.4 Å². The summed E-state index contributed by atoms with van der Waals surface area (Å²) in [4.78, 5) is 30.0. The molecule has 2 heterocycles. The largest absolute Gasteiger partial charge is 0.441 e. The van der Waals surface area contributed by atoms with Gasteiger partial charge in [-0.05, 0) is 48.4 Å². The molecule has 0 aliphatic carbocycles. The van der Waals surface area contributed by atoms with E-state index in [-0.39, 0.29) is 18.2 Å². The SMILES string of the molecule is CC(=O)N1CCc2cc(NC(=O)CCc3ncc(-c4ccc(Cl)cc4Cl)o3)ccc21. The van der Waals surface area contributed by atoms with Gasteiger partial charge in [-0.15, -0.1) is 0 Å². The second kappa shape index (κ2) is 8.50.